The van der Waals surface area contributed by atoms with Gasteiger partial charge in [0.2, 0.25) is 0 Å². The summed E-state index contributed by atoms with van der Waals surface area (Å²) in [6.07, 6.45) is 8.93. The Morgan fingerprint density at radius 2 is 2.00 bits per heavy atom. The van der Waals surface area contributed by atoms with Gasteiger partial charge < -0.3 is 10.2 Å². The smallest absolute Gasteiger partial charge is 0.194 e. The van der Waals surface area contributed by atoms with Crippen molar-refractivity contribution < 1.29 is 0 Å². The molecule has 0 radical (unpaired) electrons. The number of terminal acetylenes is 1. The molecule has 2 rings (SSSR count). The topological polar surface area (TPSA) is 27.6 Å². The quantitative estimate of drug-likeness (QED) is 0.357. The Morgan fingerprint density at radius 1 is 1.32 bits per heavy atom. The summed E-state index contributed by atoms with van der Waals surface area (Å²) < 4.78 is 0. The van der Waals surface area contributed by atoms with E-state index in [9.17, 15) is 0 Å². The number of rotatable bonds is 4. The van der Waals surface area contributed by atoms with Gasteiger partial charge in [-0.25, -0.2) is 4.99 Å². The van der Waals surface area contributed by atoms with Gasteiger partial charge in [-0.1, -0.05) is 36.3 Å². The van der Waals surface area contributed by atoms with Crippen LogP contribution in [0, 0.1) is 18.3 Å². The summed E-state index contributed by atoms with van der Waals surface area (Å²) in [7, 11) is 0. The Balaban J connectivity index is 0.00000242. The molecule has 0 unspecified atom stereocenters. The third-order valence-corrected chi connectivity index (χ3v) is 3.94. The number of benzene rings is 1. The molecule has 0 spiro atoms. The Kier molecular flexibility index (Phi) is 8.98. The van der Waals surface area contributed by atoms with Gasteiger partial charge in [0, 0.05) is 19.6 Å². The van der Waals surface area contributed by atoms with Gasteiger partial charge in [0.05, 0.1) is 0 Å². The van der Waals surface area contributed by atoms with Crippen LogP contribution in [-0.4, -0.2) is 37.0 Å². The predicted molar refractivity (Wildman–Crippen MR) is 105 cm³/mol. The third-order valence-electron chi connectivity index (χ3n) is 3.94. The van der Waals surface area contributed by atoms with E-state index in [0.717, 1.165) is 31.5 Å². The van der Waals surface area contributed by atoms with Gasteiger partial charge in [-0.3, -0.25) is 0 Å². The number of halogens is 1. The Morgan fingerprint density at radius 3 is 2.59 bits per heavy atom. The van der Waals surface area contributed by atoms with Crippen LogP contribution in [0.1, 0.15) is 25.3 Å². The highest BCUT2D eigenvalue weighted by atomic mass is 127. The van der Waals surface area contributed by atoms with Gasteiger partial charge >= 0.3 is 0 Å². The fraction of sp³-hybridized carbons (Fsp3) is 0.500. The first-order valence-corrected chi connectivity index (χ1v) is 7.84. The average Bonchev–Trinajstić information content (AvgIpc) is 2.53. The summed E-state index contributed by atoms with van der Waals surface area (Å²) in [5.41, 5.74) is 1.45. The number of aliphatic imine (C=N–C) groups is 1. The van der Waals surface area contributed by atoms with E-state index < -0.39 is 0 Å². The SMILES string of the molecule is C#CCN=C(NCC)N1CCC(Cc2ccccc2)CC1.I. The van der Waals surface area contributed by atoms with Gasteiger partial charge in [-0.05, 0) is 37.7 Å². The van der Waals surface area contributed by atoms with Gasteiger partial charge in [-0.2, -0.15) is 0 Å². The van der Waals surface area contributed by atoms with Crippen LogP contribution in [0.5, 0.6) is 0 Å². The Labute approximate surface area is 151 Å². The van der Waals surface area contributed by atoms with E-state index in [2.05, 4.69) is 58.4 Å². The second-order valence-electron chi connectivity index (χ2n) is 5.49. The van der Waals surface area contributed by atoms with Crippen LogP contribution in [0.4, 0.5) is 0 Å². The predicted octanol–water partition coefficient (Wildman–Crippen LogP) is 3.16. The third kappa shape index (κ3) is 5.88. The molecule has 0 aromatic heterocycles. The summed E-state index contributed by atoms with van der Waals surface area (Å²) in [5.74, 6) is 4.33. The van der Waals surface area contributed by atoms with Gasteiger partial charge in [0.25, 0.3) is 0 Å². The maximum atomic E-state index is 5.31. The number of nitrogens with one attached hydrogen (secondary N) is 1. The lowest BCUT2D eigenvalue weighted by Gasteiger charge is -2.34. The highest BCUT2D eigenvalue weighted by Crippen LogP contribution is 2.21. The lowest BCUT2D eigenvalue weighted by atomic mass is 9.90. The van der Waals surface area contributed by atoms with Crippen molar-refractivity contribution >= 4 is 29.9 Å². The summed E-state index contributed by atoms with van der Waals surface area (Å²) in [6, 6.07) is 10.8. The maximum absolute atomic E-state index is 5.31. The van der Waals surface area contributed by atoms with Crippen molar-refractivity contribution in [2.75, 3.05) is 26.2 Å². The van der Waals surface area contributed by atoms with Crippen LogP contribution >= 0.6 is 24.0 Å². The van der Waals surface area contributed by atoms with Crippen LogP contribution in [0.3, 0.4) is 0 Å². The molecule has 0 atom stereocenters. The molecule has 1 aromatic carbocycles. The number of hydrogen-bond donors (Lipinski definition) is 1. The zero-order valence-electron chi connectivity index (χ0n) is 13.3. The van der Waals surface area contributed by atoms with Crippen LogP contribution in [-0.2, 0) is 6.42 Å². The zero-order chi connectivity index (χ0) is 14.9. The van der Waals surface area contributed by atoms with Crippen LogP contribution in [0.25, 0.3) is 0 Å². The molecule has 0 amide bonds. The van der Waals surface area contributed by atoms with Crippen molar-refractivity contribution in [2.24, 2.45) is 10.9 Å². The van der Waals surface area contributed by atoms with Gasteiger partial charge in [0.15, 0.2) is 5.96 Å². The molecule has 1 saturated heterocycles. The molecule has 1 aromatic rings. The molecule has 22 heavy (non-hydrogen) atoms. The molecule has 0 aliphatic carbocycles. The normalized spacial score (nSPS) is 15.8. The molecule has 1 aliphatic rings. The van der Waals surface area contributed by atoms with Crippen molar-refractivity contribution in [1.29, 1.82) is 0 Å². The molecule has 4 heteroatoms. The van der Waals surface area contributed by atoms with E-state index >= 15 is 0 Å². The minimum atomic E-state index is 0. The summed E-state index contributed by atoms with van der Waals surface area (Å²) >= 11 is 0. The van der Waals surface area contributed by atoms with Crippen molar-refractivity contribution in [3.63, 3.8) is 0 Å². The second-order valence-corrected chi connectivity index (χ2v) is 5.49. The van der Waals surface area contributed by atoms with Gasteiger partial charge in [-0.15, -0.1) is 30.4 Å². The van der Waals surface area contributed by atoms with Crippen molar-refractivity contribution in [2.45, 2.75) is 26.2 Å². The monoisotopic (exact) mass is 411 g/mol. The average molecular weight is 411 g/mol. The summed E-state index contributed by atoms with van der Waals surface area (Å²) in [4.78, 5) is 6.80. The molecule has 1 fully saturated rings. The number of guanidine groups is 1. The highest BCUT2D eigenvalue weighted by molar-refractivity contribution is 14.0. The number of nitrogens with zero attached hydrogens (tertiary/aromatic N) is 2. The highest BCUT2D eigenvalue weighted by Gasteiger charge is 2.21. The first-order chi connectivity index (χ1) is 10.3. The van der Waals surface area contributed by atoms with Crippen LogP contribution in [0.15, 0.2) is 35.3 Å². The second kappa shape index (κ2) is 10.5. The molecule has 0 bridgehead atoms. The molecule has 1 aliphatic heterocycles. The largest absolute Gasteiger partial charge is 0.356 e. The molecule has 120 valence electrons. The first-order valence-electron chi connectivity index (χ1n) is 7.84. The Hall–Kier alpha value is -1.22. The molecular formula is C18H26IN3. The first kappa shape index (κ1) is 18.8. The Bertz CT molecular complexity index is 485. The molecule has 3 nitrogen and oxygen atoms in total. The fourth-order valence-electron chi connectivity index (χ4n) is 2.84. The summed E-state index contributed by atoms with van der Waals surface area (Å²) in [6.45, 7) is 5.55. The lowest BCUT2D eigenvalue weighted by molar-refractivity contribution is 0.259. The molecule has 1 heterocycles. The van der Waals surface area contributed by atoms with E-state index in [0.29, 0.717) is 6.54 Å². The van der Waals surface area contributed by atoms with E-state index in [1.165, 1.54) is 24.8 Å². The zero-order valence-corrected chi connectivity index (χ0v) is 15.6. The van der Waals surface area contributed by atoms with Crippen molar-refractivity contribution in [3.8, 4) is 12.3 Å². The van der Waals surface area contributed by atoms with E-state index in [1.54, 1.807) is 0 Å². The molecular weight excluding hydrogens is 385 g/mol. The standard InChI is InChI=1S/C18H25N3.HI/c1-3-12-20-18(19-4-2)21-13-10-17(11-14-21)15-16-8-6-5-7-9-16;/h1,5-9,17H,4,10-15H2,2H3,(H,19,20);1H. The van der Waals surface area contributed by atoms with Crippen LogP contribution < -0.4 is 5.32 Å². The number of hydrogen-bond acceptors (Lipinski definition) is 1. The minimum Gasteiger partial charge on any atom is -0.356 e. The number of likely N-dealkylation sites (tertiary alicyclic amines) is 1. The number of piperidine rings is 1. The lowest BCUT2D eigenvalue weighted by Crippen LogP contribution is -2.46. The fourth-order valence-corrected chi connectivity index (χ4v) is 2.84. The maximum Gasteiger partial charge on any atom is 0.194 e. The molecule has 0 saturated carbocycles. The van der Waals surface area contributed by atoms with Crippen molar-refractivity contribution in [1.82, 2.24) is 10.2 Å². The van der Waals surface area contributed by atoms with E-state index in [4.69, 9.17) is 6.42 Å². The summed E-state index contributed by atoms with van der Waals surface area (Å²) in [5, 5.41) is 3.33. The van der Waals surface area contributed by atoms with Gasteiger partial charge in [0.1, 0.15) is 6.54 Å². The van der Waals surface area contributed by atoms with E-state index in [1.807, 2.05) is 0 Å². The molecule has 1 N–H and O–H groups in total. The van der Waals surface area contributed by atoms with Crippen LogP contribution in [0.2, 0.25) is 0 Å². The minimum absolute atomic E-state index is 0. The van der Waals surface area contributed by atoms with E-state index in [-0.39, 0.29) is 24.0 Å². The van der Waals surface area contributed by atoms with Crippen molar-refractivity contribution in [3.05, 3.63) is 35.9 Å².